The average Bonchev–Trinajstić information content (AvgIpc) is 3.33. The Balaban J connectivity index is 0.00000210. The fourth-order valence-electron chi connectivity index (χ4n) is 2.96. The lowest BCUT2D eigenvalue weighted by Crippen LogP contribution is -2.46. The Morgan fingerprint density at radius 1 is 0.852 bits per heavy atom. The minimum atomic E-state index is 0. The summed E-state index contributed by atoms with van der Waals surface area (Å²) in [7, 11) is 0. The Morgan fingerprint density at radius 3 is 2.04 bits per heavy atom. The van der Waals surface area contributed by atoms with Crippen molar-refractivity contribution in [3.63, 3.8) is 0 Å². The summed E-state index contributed by atoms with van der Waals surface area (Å²) in [6.07, 6.45) is 3.76. The largest absolute Gasteiger partial charge is 0.228 e. The maximum atomic E-state index is 4.91. The molecule has 1 aliphatic heterocycles. The number of thiazole rings is 1. The van der Waals surface area contributed by atoms with Gasteiger partial charge in [0.05, 0.1) is 17.1 Å². The molecule has 7 heteroatoms. The van der Waals surface area contributed by atoms with Crippen LogP contribution in [0.25, 0.3) is 0 Å². The van der Waals surface area contributed by atoms with Crippen LogP contribution in [-0.4, -0.2) is 11.3 Å². The van der Waals surface area contributed by atoms with Gasteiger partial charge in [0.25, 0.3) is 0 Å². The summed E-state index contributed by atoms with van der Waals surface area (Å²) in [6, 6.07) is 20.4. The summed E-state index contributed by atoms with van der Waals surface area (Å²) in [5.41, 5.74) is 3.20. The molecular formula is C20H22BrN5S. The van der Waals surface area contributed by atoms with Crippen LogP contribution in [0.4, 0.5) is 16.5 Å². The molecule has 140 valence electrons. The summed E-state index contributed by atoms with van der Waals surface area (Å²) in [5.74, 6) is 0. The van der Waals surface area contributed by atoms with Gasteiger partial charge in [0.1, 0.15) is 6.34 Å². The smallest absolute Gasteiger partial charge is 0.222 e. The molecule has 0 fully saturated rings. The first kappa shape index (κ1) is 19.4. The molecule has 1 aliphatic rings. The lowest BCUT2D eigenvalue weighted by molar-refractivity contribution is 0.809. The highest BCUT2D eigenvalue weighted by Crippen LogP contribution is 2.35. The minimum Gasteiger partial charge on any atom is -0.222 e. The molecule has 0 saturated carbocycles. The van der Waals surface area contributed by atoms with Crippen molar-refractivity contribution >= 4 is 51.2 Å². The number of rotatable bonds is 5. The highest BCUT2D eigenvalue weighted by atomic mass is 79.9. The molecule has 2 heterocycles. The van der Waals surface area contributed by atoms with Crippen LogP contribution in [0.3, 0.4) is 0 Å². The Hall–Kier alpha value is -2.38. The zero-order chi connectivity index (χ0) is 17.9. The van der Waals surface area contributed by atoms with Crippen LogP contribution >= 0.6 is 28.3 Å². The topological polar surface area (TPSA) is 35.0 Å². The number of halogens is 1. The number of hydrazone groups is 1. The first-order valence-electron chi connectivity index (χ1n) is 8.84. The summed E-state index contributed by atoms with van der Waals surface area (Å²) < 4.78 is 0. The third-order valence-corrected chi connectivity index (χ3v) is 5.46. The zero-order valence-electron chi connectivity index (χ0n) is 15.3. The molecule has 0 atom stereocenters. The lowest BCUT2D eigenvalue weighted by Gasteiger charge is -2.32. The molecule has 5 nitrogen and oxygen atoms in total. The van der Waals surface area contributed by atoms with Gasteiger partial charge in [-0.15, -0.1) is 32.3 Å². The number of nitrogens with zero attached hydrogens (tertiary/aromatic N) is 5. The van der Waals surface area contributed by atoms with Gasteiger partial charge in [-0.1, -0.05) is 61.6 Å². The van der Waals surface area contributed by atoms with Crippen molar-refractivity contribution in [3.05, 3.63) is 71.2 Å². The molecule has 2 aromatic carbocycles. The van der Waals surface area contributed by atoms with Crippen LogP contribution in [-0.2, 0) is 12.8 Å². The number of aryl methyl sites for hydroxylation is 2. The molecule has 1 aromatic heterocycles. The van der Waals surface area contributed by atoms with E-state index in [1.807, 2.05) is 70.1 Å². The molecule has 3 aromatic rings. The van der Waals surface area contributed by atoms with Crippen molar-refractivity contribution in [2.45, 2.75) is 26.7 Å². The highest BCUT2D eigenvalue weighted by Gasteiger charge is 2.31. The third kappa shape index (κ3) is 3.70. The van der Waals surface area contributed by atoms with Gasteiger partial charge >= 0.3 is 0 Å². The van der Waals surface area contributed by atoms with E-state index in [9.17, 15) is 0 Å². The second-order valence-electron chi connectivity index (χ2n) is 5.90. The van der Waals surface area contributed by atoms with E-state index >= 15 is 0 Å². The standard InChI is InChI=1S/C20H21N5S.BrH/c1-3-18-19(4-2)26-20(22-18)25-23(16-11-7-5-8-12-16)15-21-24(25)17-13-9-6-10-14-17;/h5-15H,3-4H2,1-2H3;1H. The molecule has 0 radical (unpaired) electrons. The van der Waals surface area contributed by atoms with Crippen LogP contribution in [0, 0.1) is 0 Å². The van der Waals surface area contributed by atoms with Crippen molar-refractivity contribution in [1.29, 1.82) is 0 Å². The van der Waals surface area contributed by atoms with Gasteiger partial charge in [-0.2, -0.15) is 0 Å². The normalized spacial score (nSPS) is 13.2. The van der Waals surface area contributed by atoms with E-state index in [4.69, 9.17) is 4.98 Å². The Morgan fingerprint density at radius 2 is 1.48 bits per heavy atom. The molecule has 0 bridgehead atoms. The zero-order valence-corrected chi connectivity index (χ0v) is 17.8. The van der Waals surface area contributed by atoms with Gasteiger partial charge < -0.3 is 0 Å². The number of aromatic nitrogens is 1. The van der Waals surface area contributed by atoms with Gasteiger partial charge in [-0.25, -0.2) is 9.99 Å². The highest BCUT2D eigenvalue weighted by molar-refractivity contribution is 8.93. The second-order valence-corrected chi connectivity index (χ2v) is 6.96. The quantitative estimate of drug-likeness (QED) is 0.524. The Kier molecular flexibility index (Phi) is 6.13. The molecule has 0 spiro atoms. The van der Waals surface area contributed by atoms with Gasteiger partial charge in [0.2, 0.25) is 5.13 Å². The molecule has 0 saturated heterocycles. The Labute approximate surface area is 174 Å². The molecule has 27 heavy (non-hydrogen) atoms. The number of hydrazine groups is 2. The van der Waals surface area contributed by atoms with E-state index in [1.165, 1.54) is 10.6 Å². The van der Waals surface area contributed by atoms with E-state index in [2.05, 4.69) is 31.1 Å². The van der Waals surface area contributed by atoms with E-state index in [-0.39, 0.29) is 17.0 Å². The molecule has 0 aliphatic carbocycles. The number of hydrogen-bond donors (Lipinski definition) is 0. The SMILES string of the molecule is Br.CCc1nc(N2N(c3ccccc3)C=NN2c2ccccc2)sc1CC. The average molecular weight is 444 g/mol. The lowest BCUT2D eigenvalue weighted by atomic mass is 10.2. The van der Waals surface area contributed by atoms with E-state index in [0.29, 0.717) is 0 Å². The summed E-state index contributed by atoms with van der Waals surface area (Å²) in [4.78, 5) is 6.24. The van der Waals surface area contributed by atoms with E-state index in [1.54, 1.807) is 11.3 Å². The molecule has 0 unspecified atom stereocenters. The van der Waals surface area contributed by atoms with Crippen molar-refractivity contribution in [3.8, 4) is 0 Å². The van der Waals surface area contributed by atoms with Crippen LogP contribution < -0.4 is 15.2 Å². The van der Waals surface area contributed by atoms with Crippen molar-refractivity contribution in [2.24, 2.45) is 5.10 Å². The number of para-hydroxylation sites is 2. The van der Waals surface area contributed by atoms with Crippen LogP contribution in [0.15, 0.2) is 65.8 Å². The van der Waals surface area contributed by atoms with Crippen LogP contribution in [0.1, 0.15) is 24.4 Å². The maximum Gasteiger partial charge on any atom is 0.228 e. The predicted molar refractivity (Wildman–Crippen MR) is 120 cm³/mol. The monoisotopic (exact) mass is 443 g/mol. The van der Waals surface area contributed by atoms with Gasteiger partial charge in [0.15, 0.2) is 0 Å². The van der Waals surface area contributed by atoms with Gasteiger partial charge in [-0.05, 0) is 37.1 Å². The van der Waals surface area contributed by atoms with Gasteiger partial charge in [-0.3, -0.25) is 0 Å². The van der Waals surface area contributed by atoms with Crippen molar-refractivity contribution in [2.75, 3.05) is 15.2 Å². The summed E-state index contributed by atoms with van der Waals surface area (Å²) >= 11 is 1.73. The van der Waals surface area contributed by atoms with Crippen LogP contribution in [0.2, 0.25) is 0 Å². The number of hydrogen-bond acceptors (Lipinski definition) is 6. The number of benzene rings is 2. The van der Waals surface area contributed by atoms with Gasteiger partial charge in [0, 0.05) is 4.88 Å². The molecule has 0 amide bonds. The second kappa shape index (κ2) is 8.54. The fraction of sp³-hybridized carbons (Fsp3) is 0.200. The minimum absolute atomic E-state index is 0. The fourth-order valence-corrected chi connectivity index (χ4v) is 4.04. The van der Waals surface area contributed by atoms with E-state index in [0.717, 1.165) is 29.3 Å². The van der Waals surface area contributed by atoms with Crippen molar-refractivity contribution < 1.29 is 0 Å². The molecule has 4 rings (SSSR count). The first-order chi connectivity index (χ1) is 12.8. The van der Waals surface area contributed by atoms with Crippen molar-refractivity contribution in [1.82, 2.24) is 4.98 Å². The molecular weight excluding hydrogens is 422 g/mol. The third-order valence-electron chi connectivity index (χ3n) is 4.26. The Bertz CT molecular complexity index is 826. The first-order valence-corrected chi connectivity index (χ1v) is 9.65. The van der Waals surface area contributed by atoms with Crippen LogP contribution in [0.5, 0.6) is 0 Å². The summed E-state index contributed by atoms with van der Waals surface area (Å²) in [6.45, 7) is 4.34. The molecule has 0 N–H and O–H groups in total. The number of anilines is 3. The predicted octanol–water partition coefficient (Wildman–Crippen LogP) is 5.45. The van der Waals surface area contributed by atoms with E-state index < -0.39 is 0 Å². The summed E-state index contributed by atoms with van der Waals surface area (Å²) in [5, 5.41) is 11.5. The maximum absolute atomic E-state index is 4.91.